The Kier molecular flexibility index (Phi) is 5.35. The Labute approximate surface area is 120 Å². The van der Waals surface area contributed by atoms with E-state index in [-0.39, 0.29) is 6.42 Å². The molecule has 1 aromatic rings. The Balaban J connectivity index is 1.71. The summed E-state index contributed by atoms with van der Waals surface area (Å²) in [6, 6.07) is 6.13. The quantitative estimate of drug-likeness (QED) is 0.803. The van der Waals surface area contributed by atoms with Gasteiger partial charge in [0.05, 0.1) is 0 Å². The molecule has 20 heavy (non-hydrogen) atoms. The van der Waals surface area contributed by atoms with Crippen molar-refractivity contribution in [2.75, 3.05) is 37.6 Å². The lowest BCUT2D eigenvalue weighted by molar-refractivity contribution is -0.137. The molecule has 0 bridgehead atoms. The summed E-state index contributed by atoms with van der Waals surface area (Å²) in [6.07, 6.45) is 2.02. The molecular formula is C15H23N3O2. The first-order valence-electron chi connectivity index (χ1n) is 7.28. The van der Waals surface area contributed by atoms with E-state index in [1.165, 1.54) is 0 Å². The number of nitrogens with zero attached hydrogens (tertiary/aromatic N) is 3. The van der Waals surface area contributed by atoms with E-state index >= 15 is 0 Å². The second-order valence-electron chi connectivity index (χ2n) is 5.32. The number of carboxylic acids is 1. The molecule has 0 atom stereocenters. The molecule has 5 heteroatoms. The van der Waals surface area contributed by atoms with Gasteiger partial charge in [-0.05, 0) is 38.4 Å². The van der Waals surface area contributed by atoms with E-state index in [1.54, 1.807) is 0 Å². The van der Waals surface area contributed by atoms with Gasteiger partial charge in [-0.3, -0.25) is 9.69 Å². The maximum absolute atomic E-state index is 10.5. The van der Waals surface area contributed by atoms with Crippen LogP contribution in [-0.4, -0.2) is 53.7 Å². The highest BCUT2D eigenvalue weighted by molar-refractivity contribution is 5.66. The summed E-state index contributed by atoms with van der Waals surface area (Å²) in [5.74, 6) is 0.371. The van der Waals surface area contributed by atoms with E-state index in [0.717, 1.165) is 57.1 Å². The summed E-state index contributed by atoms with van der Waals surface area (Å²) in [4.78, 5) is 19.7. The van der Waals surface area contributed by atoms with Gasteiger partial charge in [0.15, 0.2) is 0 Å². The van der Waals surface area contributed by atoms with Gasteiger partial charge >= 0.3 is 5.97 Å². The average molecular weight is 277 g/mol. The lowest BCUT2D eigenvalue weighted by atomic mass is 10.2. The molecule has 0 radical (unpaired) electrons. The summed E-state index contributed by atoms with van der Waals surface area (Å²) < 4.78 is 0. The van der Waals surface area contributed by atoms with Crippen LogP contribution < -0.4 is 4.90 Å². The zero-order chi connectivity index (χ0) is 14.4. The van der Waals surface area contributed by atoms with Crippen LogP contribution in [-0.2, 0) is 4.79 Å². The Hall–Kier alpha value is -1.62. The van der Waals surface area contributed by atoms with Crippen molar-refractivity contribution < 1.29 is 9.90 Å². The molecule has 0 unspecified atom stereocenters. The van der Waals surface area contributed by atoms with Crippen LogP contribution in [0.15, 0.2) is 18.2 Å². The van der Waals surface area contributed by atoms with Gasteiger partial charge < -0.3 is 10.0 Å². The number of pyridine rings is 1. The topological polar surface area (TPSA) is 56.7 Å². The third-order valence-corrected chi connectivity index (χ3v) is 3.68. The summed E-state index contributed by atoms with van der Waals surface area (Å²) >= 11 is 0. The van der Waals surface area contributed by atoms with E-state index < -0.39 is 5.97 Å². The molecule has 1 aliphatic rings. The van der Waals surface area contributed by atoms with Gasteiger partial charge in [0.1, 0.15) is 5.82 Å². The maximum Gasteiger partial charge on any atom is 0.303 e. The van der Waals surface area contributed by atoms with Crippen molar-refractivity contribution in [1.29, 1.82) is 0 Å². The van der Waals surface area contributed by atoms with Crippen molar-refractivity contribution in [3.8, 4) is 0 Å². The first-order valence-corrected chi connectivity index (χ1v) is 7.28. The van der Waals surface area contributed by atoms with Crippen molar-refractivity contribution in [2.24, 2.45) is 0 Å². The molecule has 5 nitrogen and oxygen atoms in total. The molecule has 2 heterocycles. The van der Waals surface area contributed by atoms with E-state index in [9.17, 15) is 4.79 Å². The number of unbranched alkanes of at least 4 members (excludes halogenated alkanes) is 1. The van der Waals surface area contributed by atoms with Crippen molar-refractivity contribution in [1.82, 2.24) is 9.88 Å². The van der Waals surface area contributed by atoms with Crippen molar-refractivity contribution in [2.45, 2.75) is 26.2 Å². The molecule has 2 rings (SSSR count). The molecular weight excluding hydrogens is 254 g/mol. The van der Waals surface area contributed by atoms with Crippen LogP contribution in [0.1, 0.15) is 25.0 Å². The molecule has 0 spiro atoms. The van der Waals surface area contributed by atoms with Crippen LogP contribution in [0.3, 0.4) is 0 Å². The second kappa shape index (κ2) is 7.24. The van der Waals surface area contributed by atoms with Crippen LogP contribution in [0.25, 0.3) is 0 Å². The average Bonchev–Trinajstić information content (AvgIpc) is 2.44. The number of rotatable bonds is 6. The highest BCUT2D eigenvalue weighted by Gasteiger charge is 2.17. The monoisotopic (exact) mass is 277 g/mol. The van der Waals surface area contributed by atoms with E-state index in [1.807, 2.05) is 13.0 Å². The second-order valence-corrected chi connectivity index (χ2v) is 5.32. The molecule has 1 fully saturated rings. The number of aryl methyl sites for hydroxylation is 1. The predicted octanol–water partition coefficient (Wildman–Crippen LogP) is 1.77. The fourth-order valence-electron chi connectivity index (χ4n) is 2.52. The standard InChI is InChI=1S/C15H23N3O2/c1-13-5-4-6-14(16-13)18-11-9-17(10-12-18)8-3-2-7-15(19)20/h4-6H,2-3,7-12H2,1H3,(H,19,20). The minimum absolute atomic E-state index is 0.285. The highest BCUT2D eigenvalue weighted by Crippen LogP contribution is 2.14. The van der Waals surface area contributed by atoms with Gasteiger partial charge in [-0.15, -0.1) is 0 Å². The molecule has 0 aliphatic carbocycles. The Morgan fingerprint density at radius 2 is 2.00 bits per heavy atom. The van der Waals surface area contributed by atoms with Gasteiger partial charge in [0.2, 0.25) is 0 Å². The fourth-order valence-corrected chi connectivity index (χ4v) is 2.52. The minimum Gasteiger partial charge on any atom is -0.481 e. The number of piperazine rings is 1. The van der Waals surface area contributed by atoms with Crippen LogP contribution >= 0.6 is 0 Å². The summed E-state index contributed by atoms with van der Waals surface area (Å²) in [5, 5.41) is 8.61. The van der Waals surface area contributed by atoms with Crippen LogP contribution in [0.2, 0.25) is 0 Å². The highest BCUT2D eigenvalue weighted by atomic mass is 16.4. The first kappa shape index (κ1) is 14.8. The first-order chi connectivity index (χ1) is 9.65. The zero-order valence-corrected chi connectivity index (χ0v) is 12.1. The van der Waals surface area contributed by atoms with Gasteiger partial charge in [-0.25, -0.2) is 4.98 Å². The third kappa shape index (κ3) is 4.49. The molecule has 0 amide bonds. The predicted molar refractivity (Wildman–Crippen MR) is 79.1 cm³/mol. The van der Waals surface area contributed by atoms with Crippen LogP contribution in [0.5, 0.6) is 0 Å². The Morgan fingerprint density at radius 3 is 2.65 bits per heavy atom. The van der Waals surface area contributed by atoms with Crippen molar-refractivity contribution in [3.63, 3.8) is 0 Å². The van der Waals surface area contributed by atoms with E-state index in [2.05, 4.69) is 26.9 Å². The van der Waals surface area contributed by atoms with Gasteiger partial charge in [0, 0.05) is 38.3 Å². The van der Waals surface area contributed by atoms with Crippen molar-refractivity contribution >= 4 is 11.8 Å². The number of carboxylic acid groups (broad SMARTS) is 1. The number of hydrogen-bond donors (Lipinski definition) is 1. The number of carbonyl (C=O) groups is 1. The van der Waals surface area contributed by atoms with Crippen molar-refractivity contribution in [3.05, 3.63) is 23.9 Å². The maximum atomic E-state index is 10.5. The Bertz CT molecular complexity index is 442. The van der Waals surface area contributed by atoms with Gasteiger partial charge in [0.25, 0.3) is 0 Å². The number of anilines is 1. The third-order valence-electron chi connectivity index (χ3n) is 3.68. The fraction of sp³-hybridized carbons (Fsp3) is 0.600. The zero-order valence-electron chi connectivity index (χ0n) is 12.1. The van der Waals surface area contributed by atoms with E-state index in [4.69, 9.17) is 5.11 Å². The van der Waals surface area contributed by atoms with E-state index in [0.29, 0.717) is 0 Å². The number of aliphatic carboxylic acids is 1. The molecule has 0 aromatic carbocycles. The summed E-state index contributed by atoms with van der Waals surface area (Å²) in [6.45, 7) is 7.07. The largest absolute Gasteiger partial charge is 0.481 e. The number of aromatic nitrogens is 1. The number of hydrogen-bond acceptors (Lipinski definition) is 4. The van der Waals surface area contributed by atoms with Crippen LogP contribution in [0.4, 0.5) is 5.82 Å². The minimum atomic E-state index is -0.694. The van der Waals surface area contributed by atoms with Crippen LogP contribution in [0, 0.1) is 6.92 Å². The summed E-state index contributed by atoms with van der Waals surface area (Å²) in [7, 11) is 0. The SMILES string of the molecule is Cc1cccc(N2CCN(CCCCC(=O)O)CC2)n1. The molecule has 110 valence electrons. The lowest BCUT2D eigenvalue weighted by Crippen LogP contribution is -2.46. The molecule has 1 aliphatic heterocycles. The molecule has 1 aromatic heterocycles. The molecule has 0 saturated carbocycles. The lowest BCUT2D eigenvalue weighted by Gasteiger charge is -2.35. The Morgan fingerprint density at radius 1 is 1.25 bits per heavy atom. The normalized spacial score (nSPS) is 16.4. The smallest absolute Gasteiger partial charge is 0.303 e. The molecule has 1 N–H and O–H groups in total. The van der Waals surface area contributed by atoms with Gasteiger partial charge in [-0.2, -0.15) is 0 Å². The van der Waals surface area contributed by atoms with Gasteiger partial charge in [-0.1, -0.05) is 6.07 Å². The summed E-state index contributed by atoms with van der Waals surface area (Å²) in [5.41, 5.74) is 1.05. The molecule has 1 saturated heterocycles.